The molecule has 21 heavy (non-hydrogen) atoms. The zero-order valence-electron chi connectivity index (χ0n) is 13.5. The van der Waals surface area contributed by atoms with Gasteiger partial charge in [-0.15, -0.1) is 0 Å². The number of nitrogens with zero attached hydrogens (tertiary/aromatic N) is 3. The fourth-order valence-electron chi connectivity index (χ4n) is 2.99. The highest BCUT2D eigenvalue weighted by Gasteiger charge is 2.38. The fraction of sp³-hybridized carbons (Fsp3) is 0.875. The Morgan fingerprint density at radius 1 is 1.29 bits per heavy atom. The van der Waals surface area contributed by atoms with Crippen LogP contribution in [0.3, 0.4) is 0 Å². The van der Waals surface area contributed by atoms with Crippen LogP contribution in [0, 0.1) is 11.3 Å². The Labute approximate surface area is 128 Å². The van der Waals surface area contributed by atoms with Crippen LogP contribution in [0.25, 0.3) is 0 Å². The van der Waals surface area contributed by atoms with E-state index in [2.05, 4.69) is 13.0 Å². The van der Waals surface area contributed by atoms with E-state index in [9.17, 15) is 10.1 Å². The van der Waals surface area contributed by atoms with Gasteiger partial charge in [-0.3, -0.25) is 9.69 Å². The summed E-state index contributed by atoms with van der Waals surface area (Å²) in [4.78, 5) is 16.1. The van der Waals surface area contributed by atoms with Gasteiger partial charge in [0.05, 0.1) is 19.2 Å². The molecule has 0 aliphatic heterocycles. The van der Waals surface area contributed by atoms with Crippen LogP contribution in [0.15, 0.2) is 0 Å². The molecule has 5 nitrogen and oxygen atoms in total. The molecule has 0 heterocycles. The topological polar surface area (TPSA) is 67.6 Å². The highest BCUT2D eigenvalue weighted by Crippen LogP contribution is 2.32. The van der Waals surface area contributed by atoms with E-state index in [1.165, 1.54) is 0 Å². The Bertz CT molecular complexity index is 359. The fourth-order valence-corrected chi connectivity index (χ4v) is 2.99. The highest BCUT2D eigenvalue weighted by molar-refractivity contribution is 5.79. The SMILES string of the molecule is CCCCN(CCO)CC(=O)N(C)C1(C#N)CCCCC1. The maximum atomic E-state index is 12.5. The van der Waals surface area contributed by atoms with E-state index in [0.717, 1.165) is 51.5 Å². The Kier molecular flexibility index (Phi) is 7.69. The molecule has 0 aromatic rings. The molecule has 0 spiro atoms. The van der Waals surface area contributed by atoms with Crippen molar-refractivity contribution in [1.82, 2.24) is 9.80 Å². The maximum Gasteiger partial charge on any atom is 0.237 e. The minimum atomic E-state index is -0.620. The first kappa shape index (κ1) is 17.9. The van der Waals surface area contributed by atoms with Crippen LogP contribution in [-0.4, -0.2) is 59.6 Å². The number of hydrogen-bond acceptors (Lipinski definition) is 4. The Hall–Kier alpha value is -1.12. The van der Waals surface area contributed by atoms with E-state index < -0.39 is 5.54 Å². The average molecular weight is 295 g/mol. The summed E-state index contributed by atoms with van der Waals surface area (Å²) in [6, 6.07) is 2.38. The zero-order valence-corrected chi connectivity index (χ0v) is 13.5. The molecule has 0 aromatic heterocycles. The summed E-state index contributed by atoms with van der Waals surface area (Å²) in [6.45, 7) is 3.79. The molecule has 0 unspecified atom stereocenters. The van der Waals surface area contributed by atoms with Crippen molar-refractivity contribution < 1.29 is 9.90 Å². The number of carbonyl (C=O) groups is 1. The summed E-state index contributed by atoms with van der Waals surface area (Å²) in [5.41, 5.74) is -0.620. The van der Waals surface area contributed by atoms with Crippen molar-refractivity contribution in [3.8, 4) is 6.07 Å². The van der Waals surface area contributed by atoms with Gasteiger partial charge in [-0.25, -0.2) is 0 Å². The Morgan fingerprint density at radius 3 is 2.48 bits per heavy atom. The summed E-state index contributed by atoms with van der Waals surface area (Å²) in [7, 11) is 1.76. The highest BCUT2D eigenvalue weighted by atomic mass is 16.3. The van der Waals surface area contributed by atoms with Gasteiger partial charge in [-0.1, -0.05) is 32.6 Å². The number of rotatable bonds is 8. The van der Waals surface area contributed by atoms with Gasteiger partial charge in [0.1, 0.15) is 5.54 Å². The number of unbranched alkanes of at least 4 members (excludes halogenated alkanes) is 1. The first-order chi connectivity index (χ1) is 10.1. The third-order valence-corrected chi connectivity index (χ3v) is 4.51. The Morgan fingerprint density at radius 2 is 1.95 bits per heavy atom. The number of aliphatic hydroxyl groups excluding tert-OH is 1. The van der Waals surface area contributed by atoms with Gasteiger partial charge in [0.15, 0.2) is 0 Å². The first-order valence-electron chi connectivity index (χ1n) is 8.10. The molecule has 1 fully saturated rings. The molecule has 1 rings (SSSR count). The summed E-state index contributed by atoms with van der Waals surface area (Å²) >= 11 is 0. The minimum absolute atomic E-state index is 0.0111. The van der Waals surface area contributed by atoms with Crippen molar-refractivity contribution in [3.05, 3.63) is 0 Å². The van der Waals surface area contributed by atoms with Gasteiger partial charge < -0.3 is 10.0 Å². The molecule has 0 aromatic carbocycles. The van der Waals surface area contributed by atoms with Crippen LogP contribution in [0.2, 0.25) is 0 Å². The second-order valence-electron chi connectivity index (χ2n) is 6.01. The smallest absolute Gasteiger partial charge is 0.237 e. The van der Waals surface area contributed by atoms with Gasteiger partial charge in [-0.2, -0.15) is 5.26 Å². The molecular formula is C16H29N3O2. The van der Waals surface area contributed by atoms with Crippen molar-refractivity contribution in [2.45, 2.75) is 57.4 Å². The second kappa shape index (κ2) is 9.01. The van der Waals surface area contributed by atoms with E-state index in [4.69, 9.17) is 5.11 Å². The first-order valence-corrected chi connectivity index (χ1v) is 8.10. The Balaban J connectivity index is 2.64. The van der Waals surface area contributed by atoms with Crippen LogP contribution in [-0.2, 0) is 4.79 Å². The van der Waals surface area contributed by atoms with Crippen LogP contribution in [0.4, 0.5) is 0 Å². The lowest BCUT2D eigenvalue weighted by Crippen LogP contribution is -2.52. The molecule has 0 saturated heterocycles. The average Bonchev–Trinajstić information content (AvgIpc) is 2.52. The molecule has 1 aliphatic carbocycles. The number of hydrogen-bond donors (Lipinski definition) is 1. The summed E-state index contributed by atoms with van der Waals surface area (Å²) in [6.07, 6.45) is 6.82. The third kappa shape index (κ3) is 4.98. The van der Waals surface area contributed by atoms with Crippen molar-refractivity contribution in [1.29, 1.82) is 5.26 Å². The molecule has 5 heteroatoms. The maximum absolute atomic E-state index is 12.5. The summed E-state index contributed by atoms with van der Waals surface area (Å²) in [5, 5.41) is 18.7. The van der Waals surface area contributed by atoms with Gasteiger partial charge in [-0.05, 0) is 25.8 Å². The number of nitriles is 1. The van der Waals surface area contributed by atoms with E-state index in [1.807, 2.05) is 4.90 Å². The molecule has 1 N–H and O–H groups in total. The van der Waals surface area contributed by atoms with Crippen molar-refractivity contribution >= 4 is 5.91 Å². The van der Waals surface area contributed by atoms with E-state index >= 15 is 0 Å². The van der Waals surface area contributed by atoms with Crippen molar-refractivity contribution in [3.63, 3.8) is 0 Å². The molecule has 0 atom stereocenters. The molecule has 1 aliphatic rings. The van der Waals surface area contributed by atoms with Crippen LogP contribution in [0.5, 0.6) is 0 Å². The largest absolute Gasteiger partial charge is 0.395 e. The number of amides is 1. The predicted molar refractivity (Wildman–Crippen MR) is 82.6 cm³/mol. The summed E-state index contributed by atoms with van der Waals surface area (Å²) < 4.78 is 0. The summed E-state index contributed by atoms with van der Waals surface area (Å²) in [5.74, 6) is -0.0111. The number of aliphatic hydroxyl groups is 1. The lowest BCUT2D eigenvalue weighted by atomic mass is 9.81. The zero-order chi connectivity index (χ0) is 15.7. The lowest BCUT2D eigenvalue weighted by molar-refractivity contribution is -0.136. The molecular weight excluding hydrogens is 266 g/mol. The van der Waals surface area contributed by atoms with Gasteiger partial charge in [0.25, 0.3) is 0 Å². The molecule has 1 amide bonds. The molecule has 0 bridgehead atoms. The van der Waals surface area contributed by atoms with Gasteiger partial charge in [0, 0.05) is 13.6 Å². The van der Waals surface area contributed by atoms with Crippen LogP contribution in [0.1, 0.15) is 51.9 Å². The standard InChI is InChI=1S/C16H29N3O2/c1-3-4-10-19(11-12-20)13-15(21)18(2)16(14-17)8-6-5-7-9-16/h20H,3-13H2,1-2H3. The van der Waals surface area contributed by atoms with Crippen LogP contribution < -0.4 is 0 Å². The normalized spacial score (nSPS) is 17.5. The predicted octanol–water partition coefficient (Wildman–Crippen LogP) is 1.77. The quantitative estimate of drug-likeness (QED) is 0.741. The third-order valence-electron chi connectivity index (χ3n) is 4.51. The van der Waals surface area contributed by atoms with E-state index in [1.54, 1.807) is 11.9 Å². The van der Waals surface area contributed by atoms with Crippen molar-refractivity contribution in [2.24, 2.45) is 0 Å². The monoisotopic (exact) mass is 295 g/mol. The molecule has 1 saturated carbocycles. The lowest BCUT2D eigenvalue weighted by Gasteiger charge is -2.39. The molecule has 120 valence electrons. The second-order valence-corrected chi connectivity index (χ2v) is 6.01. The molecule has 0 radical (unpaired) electrons. The van der Waals surface area contributed by atoms with E-state index in [0.29, 0.717) is 13.1 Å². The number of likely N-dealkylation sites (N-methyl/N-ethyl adjacent to an activating group) is 1. The van der Waals surface area contributed by atoms with E-state index in [-0.39, 0.29) is 12.5 Å². The number of carbonyl (C=O) groups excluding carboxylic acids is 1. The van der Waals surface area contributed by atoms with Crippen LogP contribution >= 0.6 is 0 Å². The minimum Gasteiger partial charge on any atom is -0.395 e. The van der Waals surface area contributed by atoms with Gasteiger partial charge in [0.2, 0.25) is 5.91 Å². The van der Waals surface area contributed by atoms with Gasteiger partial charge >= 0.3 is 0 Å². The van der Waals surface area contributed by atoms with Crippen molar-refractivity contribution in [2.75, 3.05) is 33.3 Å².